The third-order valence-corrected chi connectivity index (χ3v) is 4.30. The molecule has 0 bridgehead atoms. The lowest BCUT2D eigenvalue weighted by Gasteiger charge is -2.06. The second-order valence-electron chi connectivity index (χ2n) is 3.91. The van der Waals surface area contributed by atoms with Crippen LogP contribution in [0.25, 0.3) is 5.65 Å². The number of fused-ring (bicyclic) bond motifs is 1. The molecule has 0 aliphatic carbocycles. The van der Waals surface area contributed by atoms with E-state index in [1.54, 1.807) is 25.1 Å². The van der Waals surface area contributed by atoms with Crippen LogP contribution in [0.1, 0.15) is 6.92 Å². The number of likely N-dealkylation sites (N-methyl/N-ethyl adjacent to an activating group) is 1. The molecule has 20 heavy (non-hydrogen) atoms. The van der Waals surface area contributed by atoms with Crippen LogP contribution in [-0.2, 0) is 14.8 Å². The Bertz CT molecular complexity index is 741. The lowest BCUT2D eigenvalue weighted by atomic mass is 10.5. The van der Waals surface area contributed by atoms with Gasteiger partial charge in [0.25, 0.3) is 10.0 Å². The molecule has 2 N–H and O–H groups in total. The van der Waals surface area contributed by atoms with E-state index < -0.39 is 15.9 Å². The molecule has 0 atom stereocenters. The SMILES string of the molecule is CCNC(=O)CNS(=O)(=O)c1c(Cl)nc2ccccn12. The Morgan fingerprint density at radius 3 is 2.90 bits per heavy atom. The molecule has 7 nitrogen and oxygen atoms in total. The molecular weight excluding hydrogens is 304 g/mol. The van der Waals surface area contributed by atoms with Gasteiger partial charge in [-0.1, -0.05) is 17.7 Å². The maximum absolute atomic E-state index is 12.2. The van der Waals surface area contributed by atoms with Crippen LogP contribution in [0.2, 0.25) is 5.15 Å². The molecule has 0 saturated carbocycles. The number of carbonyl (C=O) groups excluding carboxylic acids is 1. The van der Waals surface area contributed by atoms with Crippen LogP contribution in [0.4, 0.5) is 0 Å². The fourth-order valence-electron chi connectivity index (χ4n) is 1.67. The number of hydrogen-bond acceptors (Lipinski definition) is 4. The predicted octanol–water partition coefficient (Wildman–Crippen LogP) is 0.402. The topological polar surface area (TPSA) is 92.6 Å². The van der Waals surface area contributed by atoms with Crippen molar-refractivity contribution in [2.24, 2.45) is 0 Å². The van der Waals surface area contributed by atoms with Crippen molar-refractivity contribution in [1.29, 1.82) is 0 Å². The minimum atomic E-state index is -3.93. The Balaban J connectivity index is 2.32. The van der Waals surface area contributed by atoms with Gasteiger partial charge in [0, 0.05) is 12.7 Å². The van der Waals surface area contributed by atoms with Crippen molar-refractivity contribution in [3.8, 4) is 0 Å². The number of sulfonamides is 1. The first-order valence-corrected chi connectivity index (χ1v) is 7.70. The molecule has 0 fully saturated rings. The highest BCUT2D eigenvalue weighted by atomic mass is 35.5. The molecule has 2 aromatic rings. The summed E-state index contributed by atoms with van der Waals surface area (Å²) in [6.45, 7) is 1.82. The summed E-state index contributed by atoms with van der Waals surface area (Å²) in [4.78, 5) is 15.3. The fourth-order valence-corrected chi connectivity index (χ4v) is 3.29. The van der Waals surface area contributed by atoms with Gasteiger partial charge in [-0.25, -0.2) is 18.1 Å². The quantitative estimate of drug-likeness (QED) is 0.835. The van der Waals surface area contributed by atoms with Gasteiger partial charge in [-0.05, 0) is 19.1 Å². The number of nitrogens with zero attached hydrogens (tertiary/aromatic N) is 2. The summed E-state index contributed by atoms with van der Waals surface area (Å²) in [7, 11) is -3.93. The van der Waals surface area contributed by atoms with Crippen LogP contribution in [0.15, 0.2) is 29.4 Å². The minimum Gasteiger partial charge on any atom is -0.355 e. The Morgan fingerprint density at radius 1 is 1.45 bits per heavy atom. The normalized spacial score (nSPS) is 11.7. The highest BCUT2D eigenvalue weighted by molar-refractivity contribution is 7.89. The van der Waals surface area contributed by atoms with Crippen LogP contribution in [0.3, 0.4) is 0 Å². The zero-order valence-electron chi connectivity index (χ0n) is 10.6. The standard InChI is InChI=1S/C11H13ClN4O3S/c1-2-13-9(17)7-14-20(18,19)11-10(12)15-8-5-3-4-6-16(8)11/h3-6,14H,2,7H2,1H3,(H,13,17). The lowest BCUT2D eigenvalue weighted by Crippen LogP contribution is -2.37. The Labute approximate surface area is 121 Å². The number of halogens is 1. The van der Waals surface area contributed by atoms with Gasteiger partial charge in [0.1, 0.15) is 5.65 Å². The number of hydrogen-bond donors (Lipinski definition) is 2. The number of rotatable bonds is 5. The van der Waals surface area contributed by atoms with Crippen molar-refractivity contribution < 1.29 is 13.2 Å². The van der Waals surface area contributed by atoms with E-state index in [0.717, 1.165) is 0 Å². The van der Waals surface area contributed by atoms with Gasteiger partial charge in [0.05, 0.1) is 6.54 Å². The number of nitrogens with one attached hydrogen (secondary N) is 2. The third kappa shape index (κ3) is 2.92. The van der Waals surface area contributed by atoms with Gasteiger partial charge in [0.15, 0.2) is 10.2 Å². The van der Waals surface area contributed by atoms with E-state index in [1.165, 1.54) is 10.6 Å². The second-order valence-corrected chi connectivity index (χ2v) is 5.95. The highest BCUT2D eigenvalue weighted by Gasteiger charge is 2.24. The highest BCUT2D eigenvalue weighted by Crippen LogP contribution is 2.21. The van der Waals surface area contributed by atoms with Crippen LogP contribution in [0.5, 0.6) is 0 Å². The number of aromatic nitrogens is 2. The Kier molecular flexibility index (Phi) is 4.26. The van der Waals surface area contributed by atoms with Crippen LogP contribution < -0.4 is 10.0 Å². The first-order chi connectivity index (χ1) is 9.45. The summed E-state index contributed by atoms with van der Waals surface area (Å²) in [5.74, 6) is -0.416. The van der Waals surface area contributed by atoms with E-state index in [-0.39, 0.29) is 16.7 Å². The van der Waals surface area contributed by atoms with Crippen molar-refractivity contribution in [2.45, 2.75) is 11.9 Å². The molecule has 0 aliphatic heterocycles. The summed E-state index contributed by atoms with van der Waals surface area (Å²) in [5, 5.41) is 2.17. The molecule has 0 unspecified atom stereocenters. The molecule has 0 aromatic carbocycles. The number of pyridine rings is 1. The summed E-state index contributed by atoms with van der Waals surface area (Å²) in [6.07, 6.45) is 1.54. The molecule has 0 spiro atoms. The lowest BCUT2D eigenvalue weighted by molar-refractivity contribution is -0.119. The molecule has 2 aromatic heterocycles. The van der Waals surface area contributed by atoms with Crippen molar-refractivity contribution in [3.63, 3.8) is 0 Å². The smallest absolute Gasteiger partial charge is 0.260 e. The van der Waals surface area contributed by atoms with Gasteiger partial charge in [-0.15, -0.1) is 0 Å². The number of imidazole rings is 1. The molecule has 1 amide bonds. The third-order valence-electron chi connectivity index (χ3n) is 2.50. The van der Waals surface area contributed by atoms with E-state index in [0.29, 0.717) is 12.2 Å². The van der Waals surface area contributed by atoms with Gasteiger partial charge in [0.2, 0.25) is 5.91 Å². The summed E-state index contributed by atoms with van der Waals surface area (Å²) < 4.78 is 27.9. The Morgan fingerprint density at radius 2 is 2.20 bits per heavy atom. The first-order valence-electron chi connectivity index (χ1n) is 5.84. The average Bonchev–Trinajstić information content (AvgIpc) is 2.73. The van der Waals surface area contributed by atoms with Crippen LogP contribution in [-0.4, -0.2) is 36.8 Å². The van der Waals surface area contributed by atoms with Crippen LogP contribution >= 0.6 is 11.6 Å². The van der Waals surface area contributed by atoms with Crippen molar-refractivity contribution in [1.82, 2.24) is 19.4 Å². The molecular formula is C11H13ClN4O3S. The summed E-state index contributed by atoms with van der Waals surface area (Å²) in [6, 6.07) is 5.01. The van der Waals surface area contributed by atoms with Crippen molar-refractivity contribution in [3.05, 3.63) is 29.5 Å². The zero-order chi connectivity index (χ0) is 14.8. The van der Waals surface area contributed by atoms with Crippen molar-refractivity contribution in [2.75, 3.05) is 13.1 Å². The van der Waals surface area contributed by atoms with Gasteiger partial charge < -0.3 is 5.32 Å². The zero-order valence-corrected chi connectivity index (χ0v) is 12.2. The molecule has 108 valence electrons. The Hall–Kier alpha value is -1.64. The van der Waals surface area contributed by atoms with Crippen molar-refractivity contribution >= 4 is 33.2 Å². The number of carbonyl (C=O) groups is 1. The number of amides is 1. The minimum absolute atomic E-state index is 0.139. The maximum Gasteiger partial charge on any atom is 0.260 e. The van der Waals surface area contributed by atoms with Gasteiger partial charge in [-0.3, -0.25) is 9.20 Å². The fraction of sp³-hybridized carbons (Fsp3) is 0.273. The molecule has 9 heteroatoms. The molecule has 2 heterocycles. The van der Waals surface area contributed by atoms with Crippen LogP contribution in [0, 0.1) is 0 Å². The monoisotopic (exact) mass is 316 g/mol. The van der Waals surface area contributed by atoms with Gasteiger partial charge >= 0.3 is 0 Å². The maximum atomic E-state index is 12.2. The predicted molar refractivity (Wildman–Crippen MR) is 74.1 cm³/mol. The molecule has 0 saturated heterocycles. The average molecular weight is 317 g/mol. The molecule has 0 radical (unpaired) electrons. The van der Waals surface area contributed by atoms with E-state index in [9.17, 15) is 13.2 Å². The molecule has 0 aliphatic rings. The van der Waals surface area contributed by atoms with E-state index in [1.807, 2.05) is 0 Å². The molecule has 2 rings (SSSR count). The summed E-state index contributed by atoms with van der Waals surface area (Å²) >= 11 is 5.88. The largest absolute Gasteiger partial charge is 0.355 e. The van der Waals surface area contributed by atoms with E-state index >= 15 is 0 Å². The van der Waals surface area contributed by atoms with E-state index in [2.05, 4.69) is 15.0 Å². The van der Waals surface area contributed by atoms with E-state index in [4.69, 9.17) is 11.6 Å². The van der Waals surface area contributed by atoms with Gasteiger partial charge in [-0.2, -0.15) is 0 Å². The first kappa shape index (κ1) is 14.8. The summed E-state index contributed by atoms with van der Waals surface area (Å²) in [5.41, 5.74) is 0.413. The second kappa shape index (κ2) is 5.78.